The largest absolute Gasteiger partial charge is 0.335 e. The van der Waals surface area contributed by atoms with Crippen LogP contribution in [0.15, 0.2) is 47.8 Å². The van der Waals surface area contributed by atoms with Gasteiger partial charge in [-0.2, -0.15) is 0 Å². The molecule has 9 heteroatoms. The molecule has 0 atom stereocenters. The third-order valence-corrected chi connectivity index (χ3v) is 6.65. The van der Waals surface area contributed by atoms with E-state index in [0.717, 1.165) is 31.4 Å². The number of nitrogens with zero attached hydrogens (tertiary/aromatic N) is 5. The Hall–Kier alpha value is -2.09. The van der Waals surface area contributed by atoms with Crippen molar-refractivity contribution in [1.82, 2.24) is 24.6 Å². The van der Waals surface area contributed by atoms with Crippen molar-refractivity contribution in [1.29, 1.82) is 0 Å². The average Bonchev–Trinajstić information content (AvgIpc) is 3.03. The van der Waals surface area contributed by atoms with E-state index in [1.54, 1.807) is 6.20 Å². The molecule has 0 spiro atoms. The SMILES string of the molecule is O=C1CCCCCN1Cc1nnc(SCc2c(Cl)cccc2Cl)n1-c1ccccn1. The predicted molar refractivity (Wildman–Crippen MR) is 119 cm³/mol. The Morgan fingerprint density at radius 3 is 2.60 bits per heavy atom. The van der Waals surface area contributed by atoms with E-state index < -0.39 is 0 Å². The van der Waals surface area contributed by atoms with Crippen LogP contribution in [0.1, 0.15) is 37.1 Å². The summed E-state index contributed by atoms with van der Waals surface area (Å²) in [5, 5.41) is 10.7. The topological polar surface area (TPSA) is 63.9 Å². The molecule has 2 aromatic heterocycles. The molecular formula is C21H21Cl2N5OS. The second kappa shape index (κ2) is 9.81. The Labute approximate surface area is 189 Å². The highest BCUT2D eigenvalue weighted by Gasteiger charge is 2.22. The summed E-state index contributed by atoms with van der Waals surface area (Å²) in [6.45, 7) is 1.15. The second-order valence-electron chi connectivity index (χ2n) is 7.04. The average molecular weight is 462 g/mol. The molecule has 1 fully saturated rings. The highest BCUT2D eigenvalue weighted by molar-refractivity contribution is 7.98. The van der Waals surface area contributed by atoms with Crippen LogP contribution < -0.4 is 0 Å². The van der Waals surface area contributed by atoms with E-state index in [9.17, 15) is 4.79 Å². The summed E-state index contributed by atoms with van der Waals surface area (Å²) >= 11 is 14.1. The predicted octanol–water partition coefficient (Wildman–Crippen LogP) is 5.16. The van der Waals surface area contributed by atoms with Crippen molar-refractivity contribution in [3.05, 3.63) is 64.0 Å². The van der Waals surface area contributed by atoms with E-state index >= 15 is 0 Å². The second-order valence-corrected chi connectivity index (χ2v) is 8.79. The van der Waals surface area contributed by atoms with Crippen molar-refractivity contribution in [2.75, 3.05) is 6.54 Å². The van der Waals surface area contributed by atoms with E-state index in [0.29, 0.717) is 45.6 Å². The lowest BCUT2D eigenvalue weighted by Crippen LogP contribution is -2.31. The molecule has 0 aliphatic carbocycles. The molecule has 6 nitrogen and oxygen atoms in total. The third-order valence-electron chi connectivity index (χ3n) is 4.99. The van der Waals surface area contributed by atoms with Crippen molar-refractivity contribution in [3.63, 3.8) is 0 Å². The summed E-state index contributed by atoms with van der Waals surface area (Å²) in [4.78, 5) is 18.8. The van der Waals surface area contributed by atoms with E-state index in [2.05, 4.69) is 15.2 Å². The number of pyridine rings is 1. The Morgan fingerprint density at radius 1 is 1.00 bits per heavy atom. The zero-order chi connectivity index (χ0) is 20.9. The summed E-state index contributed by atoms with van der Waals surface area (Å²) in [7, 11) is 0. The zero-order valence-corrected chi connectivity index (χ0v) is 18.6. The quantitative estimate of drug-likeness (QED) is 0.474. The van der Waals surface area contributed by atoms with Crippen LogP contribution in [-0.4, -0.2) is 37.1 Å². The summed E-state index contributed by atoms with van der Waals surface area (Å²) in [6, 6.07) is 11.2. The monoisotopic (exact) mass is 461 g/mol. The lowest BCUT2D eigenvalue weighted by Gasteiger charge is -2.20. The van der Waals surface area contributed by atoms with Gasteiger partial charge in [0.25, 0.3) is 0 Å². The van der Waals surface area contributed by atoms with Gasteiger partial charge < -0.3 is 4.90 Å². The number of carbonyl (C=O) groups is 1. The zero-order valence-electron chi connectivity index (χ0n) is 16.3. The number of benzene rings is 1. The normalized spacial score (nSPS) is 14.7. The number of halogens is 2. The molecule has 156 valence electrons. The molecule has 0 bridgehead atoms. The maximum absolute atomic E-state index is 12.5. The number of likely N-dealkylation sites (tertiary alicyclic amines) is 1. The van der Waals surface area contributed by atoms with Gasteiger partial charge in [0, 0.05) is 35.0 Å². The number of rotatable bonds is 6. The summed E-state index contributed by atoms with van der Waals surface area (Å²) in [6.07, 6.45) is 5.35. The lowest BCUT2D eigenvalue weighted by molar-refractivity contribution is -0.131. The molecule has 3 heterocycles. The first kappa shape index (κ1) is 21.2. The Balaban J connectivity index is 1.63. The minimum absolute atomic E-state index is 0.167. The summed E-state index contributed by atoms with van der Waals surface area (Å²) in [5.74, 6) is 2.12. The first-order valence-electron chi connectivity index (χ1n) is 9.82. The number of carbonyl (C=O) groups excluding carboxylic acids is 1. The molecular weight excluding hydrogens is 441 g/mol. The molecule has 4 rings (SSSR count). The van der Waals surface area contributed by atoms with Gasteiger partial charge in [0.1, 0.15) is 5.82 Å². The lowest BCUT2D eigenvalue weighted by atomic mass is 10.2. The Bertz CT molecular complexity index is 1010. The molecule has 0 radical (unpaired) electrons. The van der Waals surface area contributed by atoms with Crippen LogP contribution in [0.5, 0.6) is 0 Å². The molecule has 0 saturated carbocycles. The maximum atomic E-state index is 12.5. The third kappa shape index (κ3) is 4.79. The van der Waals surface area contributed by atoms with Gasteiger partial charge in [-0.3, -0.25) is 9.36 Å². The number of thioether (sulfide) groups is 1. The molecule has 0 N–H and O–H groups in total. The fourth-order valence-electron chi connectivity index (χ4n) is 3.40. The Kier molecular flexibility index (Phi) is 6.92. The first-order chi connectivity index (χ1) is 14.6. The van der Waals surface area contributed by atoms with Crippen LogP contribution in [0.3, 0.4) is 0 Å². The molecule has 1 aromatic carbocycles. The molecule has 1 aliphatic heterocycles. The fraction of sp³-hybridized carbons (Fsp3) is 0.333. The summed E-state index contributed by atoms with van der Waals surface area (Å²) in [5.41, 5.74) is 0.852. The van der Waals surface area contributed by atoms with Gasteiger partial charge in [0.2, 0.25) is 5.91 Å². The number of amides is 1. The van der Waals surface area contributed by atoms with Crippen molar-refractivity contribution in [3.8, 4) is 5.82 Å². The number of hydrogen-bond acceptors (Lipinski definition) is 5. The van der Waals surface area contributed by atoms with Crippen LogP contribution in [0.25, 0.3) is 5.82 Å². The highest BCUT2D eigenvalue weighted by atomic mass is 35.5. The van der Waals surface area contributed by atoms with Crippen LogP contribution in [0, 0.1) is 0 Å². The van der Waals surface area contributed by atoms with Gasteiger partial charge in [-0.15, -0.1) is 10.2 Å². The van der Waals surface area contributed by atoms with E-state index in [4.69, 9.17) is 23.2 Å². The van der Waals surface area contributed by atoms with Crippen LogP contribution >= 0.6 is 35.0 Å². The van der Waals surface area contributed by atoms with E-state index in [1.807, 2.05) is 45.9 Å². The van der Waals surface area contributed by atoms with Crippen LogP contribution in [0.4, 0.5) is 0 Å². The molecule has 1 amide bonds. The summed E-state index contributed by atoms with van der Waals surface area (Å²) < 4.78 is 1.91. The van der Waals surface area contributed by atoms with Gasteiger partial charge >= 0.3 is 0 Å². The number of aromatic nitrogens is 4. The molecule has 30 heavy (non-hydrogen) atoms. The van der Waals surface area contributed by atoms with E-state index in [1.165, 1.54) is 11.8 Å². The van der Waals surface area contributed by atoms with Gasteiger partial charge in [-0.05, 0) is 42.7 Å². The molecule has 1 saturated heterocycles. The van der Waals surface area contributed by atoms with Crippen molar-refractivity contribution in [2.24, 2.45) is 0 Å². The van der Waals surface area contributed by atoms with Crippen molar-refractivity contribution >= 4 is 40.9 Å². The smallest absolute Gasteiger partial charge is 0.222 e. The minimum atomic E-state index is 0.167. The molecule has 0 unspecified atom stereocenters. The van der Waals surface area contributed by atoms with Crippen LogP contribution in [-0.2, 0) is 17.1 Å². The van der Waals surface area contributed by atoms with Gasteiger partial charge in [0.05, 0.1) is 6.54 Å². The van der Waals surface area contributed by atoms with Crippen molar-refractivity contribution < 1.29 is 4.79 Å². The number of hydrogen-bond donors (Lipinski definition) is 0. The fourth-order valence-corrected chi connectivity index (χ4v) is 5.10. The molecule has 3 aromatic rings. The van der Waals surface area contributed by atoms with E-state index in [-0.39, 0.29) is 5.91 Å². The van der Waals surface area contributed by atoms with Gasteiger partial charge in [-0.1, -0.05) is 53.5 Å². The molecule has 1 aliphatic rings. The van der Waals surface area contributed by atoms with Crippen molar-refractivity contribution in [2.45, 2.75) is 43.1 Å². The highest BCUT2D eigenvalue weighted by Crippen LogP contribution is 2.32. The Morgan fingerprint density at radius 2 is 1.83 bits per heavy atom. The standard InChI is InChI=1S/C21H21Cl2N5OS/c22-16-7-6-8-17(23)15(16)14-30-21-26-25-19(28(21)18-9-3-4-11-24-18)13-27-12-5-1-2-10-20(27)29/h3-4,6-9,11H,1-2,5,10,12-14H2. The maximum Gasteiger partial charge on any atom is 0.222 e. The van der Waals surface area contributed by atoms with Gasteiger partial charge in [0.15, 0.2) is 11.0 Å². The van der Waals surface area contributed by atoms with Gasteiger partial charge in [-0.25, -0.2) is 4.98 Å². The first-order valence-corrected chi connectivity index (χ1v) is 11.6. The minimum Gasteiger partial charge on any atom is -0.335 e. The van der Waals surface area contributed by atoms with Crippen LogP contribution in [0.2, 0.25) is 10.0 Å².